The zero-order valence-electron chi connectivity index (χ0n) is 12.7. The first-order valence-corrected chi connectivity index (χ1v) is 8.54. The Balaban J connectivity index is 2.50. The van der Waals surface area contributed by atoms with Gasteiger partial charge in [0, 0.05) is 25.0 Å². The minimum Gasteiger partial charge on any atom is -0.355 e. The summed E-state index contributed by atoms with van der Waals surface area (Å²) in [5.74, 6) is -0.281. The zero-order chi connectivity index (χ0) is 15.5. The minimum atomic E-state index is -3.34. The van der Waals surface area contributed by atoms with E-state index < -0.39 is 21.0 Å². The molecule has 0 aliphatic rings. The van der Waals surface area contributed by atoms with Gasteiger partial charge in [-0.2, -0.15) is 5.10 Å². The fourth-order valence-electron chi connectivity index (χ4n) is 1.83. The lowest BCUT2D eigenvalue weighted by molar-refractivity contribution is -0.120. The maximum absolute atomic E-state index is 11.7. The minimum absolute atomic E-state index is 0.170. The first kappa shape index (κ1) is 16.7. The van der Waals surface area contributed by atoms with E-state index in [4.69, 9.17) is 0 Å². The first-order valence-electron chi connectivity index (χ1n) is 6.59. The average Bonchev–Trinajstić information content (AvgIpc) is 2.62. The van der Waals surface area contributed by atoms with Gasteiger partial charge in [0.1, 0.15) is 5.25 Å². The molecular weight excluding hydrogens is 278 g/mol. The summed E-state index contributed by atoms with van der Waals surface area (Å²) >= 11 is 0. The summed E-state index contributed by atoms with van der Waals surface area (Å²) in [5.41, 5.74) is 2.04. The quantitative estimate of drug-likeness (QED) is 0.838. The normalized spacial score (nSPS) is 14.8. The molecule has 0 radical (unpaired) electrons. The van der Waals surface area contributed by atoms with Gasteiger partial charge in [-0.05, 0) is 32.8 Å². The third kappa shape index (κ3) is 4.63. The molecule has 1 amide bonds. The lowest BCUT2D eigenvalue weighted by Gasteiger charge is -2.16. The Bertz CT molecular complexity index is 578. The molecule has 1 heterocycles. The molecule has 0 saturated carbocycles. The molecule has 0 fully saturated rings. The van der Waals surface area contributed by atoms with Crippen LogP contribution in [-0.2, 0) is 21.2 Å². The van der Waals surface area contributed by atoms with E-state index in [1.165, 1.54) is 6.92 Å². The Morgan fingerprint density at radius 1 is 1.40 bits per heavy atom. The lowest BCUT2D eigenvalue weighted by Crippen LogP contribution is -2.40. The molecule has 1 N–H and O–H groups in total. The molecule has 20 heavy (non-hydrogen) atoms. The van der Waals surface area contributed by atoms with Crippen molar-refractivity contribution in [1.29, 1.82) is 0 Å². The number of nitrogens with one attached hydrogen (secondary N) is 1. The fraction of sp³-hybridized carbons (Fsp3) is 0.692. The number of aromatic nitrogens is 2. The Morgan fingerprint density at radius 2 is 2.00 bits per heavy atom. The second kappa shape index (κ2) is 6.39. The molecule has 0 aliphatic heterocycles. The van der Waals surface area contributed by atoms with E-state index in [1.54, 1.807) is 0 Å². The van der Waals surface area contributed by atoms with Gasteiger partial charge >= 0.3 is 0 Å². The number of aryl methyl sites for hydroxylation is 2. The van der Waals surface area contributed by atoms with Crippen molar-refractivity contribution >= 4 is 15.7 Å². The van der Waals surface area contributed by atoms with E-state index in [1.807, 2.05) is 31.5 Å². The molecule has 0 saturated heterocycles. The zero-order valence-corrected chi connectivity index (χ0v) is 13.5. The Labute approximate surface area is 120 Å². The summed E-state index contributed by atoms with van der Waals surface area (Å²) in [4.78, 5) is 11.7. The van der Waals surface area contributed by atoms with Crippen LogP contribution in [0.3, 0.4) is 0 Å². The van der Waals surface area contributed by atoms with E-state index in [0.29, 0.717) is 13.1 Å². The third-order valence-electron chi connectivity index (χ3n) is 3.22. The van der Waals surface area contributed by atoms with Crippen molar-refractivity contribution in [2.45, 2.75) is 39.5 Å². The van der Waals surface area contributed by atoms with Gasteiger partial charge in [-0.3, -0.25) is 9.48 Å². The summed E-state index contributed by atoms with van der Waals surface area (Å²) < 4.78 is 24.5. The van der Waals surface area contributed by atoms with E-state index in [9.17, 15) is 13.2 Å². The van der Waals surface area contributed by atoms with E-state index in [2.05, 4.69) is 10.4 Å². The molecule has 7 heteroatoms. The van der Waals surface area contributed by atoms with Crippen LogP contribution in [0.1, 0.15) is 25.2 Å². The Hall–Kier alpha value is -1.37. The molecule has 0 unspecified atom stereocenters. The van der Waals surface area contributed by atoms with E-state index >= 15 is 0 Å². The van der Waals surface area contributed by atoms with Crippen molar-refractivity contribution in [1.82, 2.24) is 15.1 Å². The smallest absolute Gasteiger partial charge is 0.238 e. The van der Waals surface area contributed by atoms with Crippen LogP contribution in [0, 0.1) is 19.8 Å². The van der Waals surface area contributed by atoms with Crippen LogP contribution in [0.15, 0.2) is 6.07 Å². The van der Waals surface area contributed by atoms with Crippen molar-refractivity contribution < 1.29 is 13.2 Å². The molecule has 1 aromatic heterocycles. The van der Waals surface area contributed by atoms with E-state index in [0.717, 1.165) is 17.6 Å². The number of sulfone groups is 1. The van der Waals surface area contributed by atoms with Crippen molar-refractivity contribution in [3.8, 4) is 0 Å². The predicted octanol–water partition coefficient (Wildman–Crippen LogP) is 0.685. The maximum Gasteiger partial charge on any atom is 0.238 e. The predicted molar refractivity (Wildman–Crippen MR) is 78.2 cm³/mol. The molecule has 0 aromatic carbocycles. The monoisotopic (exact) mass is 301 g/mol. The van der Waals surface area contributed by atoms with Crippen molar-refractivity contribution in [3.05, 3.63) is 17.5 Å². The number of rotatable bonds is 6. The molecule has 6 nitrogen and oxygen atoms in total. The highest BCUT2D eigenvalue weighted by molar-refractivity contribution is 7.92. The molecule has 1 rings (SSSR count). The van der Waals surface area contributed by atoms with Gasteiger partial charge in [-0.25, -0.2) is 8.42 Å². The number of carbonyl (C=O) groups excluding carboxylic acids is 1. The largest absolute Gasteiger partial charge is 0.355 e. The molecule has 0 aliphatic carbocycles. The number of nitrogens with zero attached hydrogens (tertiary/aromatic N) is 2. The van der Waals surface area contributed by atoms with Crippen molar-refractivity contribution in [3.63, 3.8) is 0 Å². The van der Waals surface area contributed by atoms with Crippen LogP contribution in [0.2, 0.25) is 0 Å². The van der Waals surface area contributed by atoms with Crippen LogP contribution in [-0.4, -0.2) is 42.2 Å². The lowest BCUT2D eigenvalue weighted by atomic mass is 10.2. The molecule has 1 aromatic rings. The average molecular weight is 301 g/mol. The summed E-state index contributed by atoms with van der Waals surface area (Å²) in [6.07, 6.45) is 1.07. The second-order valence-electron chi connectivity index (χ2n) is 5.43. The van der Waals surface area contributed by atoms with Crippen LogP contribution in [0.25, 0.3) is 0 Å². The number of amides is 1. The molecule has 0 bridgehead atoms. The molecule has 2 atom stereocenters. The first-order chi connectivity index (χ1) is 9.11. The topological polar surface area (TPSA) is 81.1 Å². The second-order valence-corrected chi connectivity index (χ2v) is 7.80. The van der Waals surface area contributed by atoms with Gasteiger partial charge in [0.2, 0.25) is 5.91 Å². The third-order valence-corrected chi connectivity index (χ3v) is 4.72. The Morgan fingerprint density at radius 3 is 2.45 bits per heavy atom. The standard InChI is InChI=1S/C13H23N3O3S/c1-9(8-16-11(3)6-10(2)15-16)7-14-13(17)12(4)20(5,18)19/h6,9,12H,7-8H2,1-5H3,(H,14,17)/t9-,12+/m1/s1. The summed E-state index contributed by atoms with van der Waals surface area (Å²) in [7, 11) is -3.34. The summed E-state index contributed by atoms with van der Waals surface area (Å²) in [6.45, 7) is 8.42. The highest BCUT2D eigenvalue weighted by Gasteiger charge is 2.23. The van der Waals surface area contributed by atoms with Gasteiger partial charge < -0.3 is 5.32 Å². The van der Waals surface area contributed by atoms with Gasteiger partial charge in [0.25, 0.3) is 0 Å². The van der Waals surface area contributed by atoms with Crippen LogP contribution in [0.4, 0.5) is 0 Å². The van der Waals surface area contributed by atoms with Crippen LogP contribution in [0.5, 0.6) is 0 Å². The van der Waals surface area contributed by atoms with Crippen molar-refractivity contribution in [2.75, 3.05) is 12.8 Å². The van der Waals surface area contributed by atoms with Crippen LogP contribution >= 0.6 is 0 Å². The molecule has 0 spiro atoms. The number of carbonyl (C=O) groups is 1. The van der Waals surface area contributed by atoms with Crippen LogP contribution < -0.4 is 5.32 Å². The molecular formula is C13H23N3O3S. The highest BCUT2D eigenvalue weighted by Crippen LogP contribution is 2.06. The fourth-order valence-corrected chi connectivity index (χ4v) is 2.30. The summed E-state index contributed by atoms with van der Waals surface area (Å²) in [6, 6.07) is 2.00. The summed E-state index contributed by atoms with van der Waals surface area (Å²) in [5, 5.41) is 6.03. The van der Waals surface area contributed by atoms with Gasteiger partial charge in [0.05, 0.1) is 5.69 Å². The maximum atomic E-state index is 11.7. The highest BCUT2D eigenvalue weighted by atomic mass is 32.2. The van der Waals surface area contributed by atoms with Gasteiger partial charge in [-0.1, -0.05) is 6.92 Å². The van der Waals surface area contributed by atoms with Crippen molar-refractivity contribution in [2.24, 2.45) is 5.92 Å². The molecule has 114 valence electrons. The SMILES string of the molecule is Cc1cc(C)n(C[C@H](C)CNC(=O)[C@H](C)S(C)(=O)=O)n1. The van der Waals surface area contributed by atoms with Gasteiger partial charge in [-0.15, -0.1) is 0 Å². The van der Waals surface area contributed by atoms with Gasteiger partial charge in [0.15, 0.2) is 9.84 Å². The number of hydrogen-bond donors (Lipinski definition) is 1. The number of hydrogen-bond acceptors (Lipinski definition) is 4. The Kier molecular flexibility index (Phi) is 5.33. The van der Waals surface area contributed by atoms with E-state index in [-0.39, 0.29) is 5.92 Å².